The number of fused-ring (bicyclic) bond motifs is 24. The molecule has 6 heterocycles. The van der Waals surface area contributed by atoms with Crippen LogP contribution in [0.1, 0.15) is 130 Å². The Bertz CT molecular complexity index is 9290. The van der Waals surface area contributed by atoms with Crippen LogP contribution >= 0.6 is 0 Å². The minimum absolute atomic E-state index is 0.156. The topological polar surface area (TPSA) is 155 Å². The van der Waals surface area contributed by atoms with Crippen LogP contribution < -0.4 is 0 Å². The van der Waals surface area contributed by atoms with Crippen molar-refractivity contribution in [2.24, 2.45) is 0 Å². The van der Waals surface area contributed by atoms with E-state index in [0.717, 1.165) is 121 Å². The van der Waals surface area contributed by atoms with Crippen molar-refractivity contribution in [3.05, 3.63) is 452 Å². The average Bonchev–Trinajstić information content (AvgIpc) is 1.56. The molecular formula is C135H99N9O3. The first-order valence-corrected chi connectivity index (χ1v) is 52.0. The summed E-state index contributed by atoms with van der Waals surface area (Å²) in [6, 6.07) is 148. The molecule has 12 heteroatoms. The Kier molecular flexibility index (Phi) is 21.4. The minimum Gasteiger partial charge on any atom is -0.456 e. The van der Waals surface area contributed by atoms with Crippen molar-refractivity contribution in [1.82, 2.24) is 44.9 Å². The highest BCUT2D eigenvalue weighted by atomic mass is 16.3. The van der Waals surface area contributed by atoms with Gasteiger partial charge in [0.15, 0.2) is 52.4 Å². The molecule has 30 rings (SSSR count). The summed E-state index contributed by atoms with van der Waals surface area (Å²) in [7, 11) is 0. The number of para-hydroxylation sites is 4. The molecule has 12 nitrogen and oxygen atoms in total. The number of furan rings is 3. The van der Waals surface area contributed by atoms with Gasteiger partial charge in [0.25, 0.3) is 0 Å². The Labute approximate surface area is 851 Å². The highest BCUT2D eigenvalue weighted by molar-refractivity contribution is 6.13. The van der Waals surface area contributed by atoms with Crippen LogP contribution in [0.2, 0.25) is 0 Å². The predicted molar refractivity (Wildman–Crippen MR) is 594 cm³/mol. The van der Waals surface area contributed by atoms with Gasteiger partial charge >= 0.3 is 0 Å². The lowest BCUT2D eigenvalue weighted by Gasteiger charge is -2.36. The number of hydrogen-bond acceptors (Lipinski definition) is 12. The van der Waals surface area contributed by atoms with Gasteiger partial charge in [-0.05, 0) is 205 Å². The number of benzene rings is 18. The second-order valence-corrected chi connectivity index (χ2v) is 40.5. The first-order chi connectivity index (χ1) is 72.7. The number of nitrogens with zero attached hydrogens (tertiary/aromatic N) is 9. The molecule has 147 heavy (non-hydrogen) atoms. The van der Waals surface area contributed by atoms with Crippen molar-refractivity contribution in [3.8, 4) is 169 Å². The molecule has 3 saturated carbocycles. The number of rotatable bonds is 12. The molecule has 6 aliphatic rings. The molecular weight excluding hydrogens is 1800 g/mol. The molecule has 6 aromatic heterocycles. The van der Waals surface area contributed by atoms with Gasteiger partial charge in [0.1, 0.15) is 33.5 Å². The second-order valence-electron chi connectivity index (χ2n) is 40.5. The molecule has 6 aliphatic carbocycles. The van der Waals surface area contributed by atoms with Gasteiger partial charge in [0, 0.05) is 93.1 Å². The van der Waals surface area contributed by atoms with Crippen LogP contribution in [0.5, 0.6) is 0 Å². The predicted octanol–water partition coefficient (Wildman–Crippen LogP) is 35.0. The van der Waals surface area contributed by atoms with Gasteiger partial charge in [0.05, 0.1) is 5.56 Å². The van der Waals surface area contributed by atoms with E-state index in [1.165, 1.54) is 191 Å². The second kappa shape index (κ2) is 36.1. The molecule has 0 bridgehead atoms. The van der Waals surface area contributed by atoms with E-state index in [1.54, 1.807) is 0 Å². The van der Waals surface area contributed by atoms with Crippen molar-refractivity contribution >= 4 is 65.8 Å². The van der Waals surface area contributed by atoms with Crippen LogP contribution in [0.15, 0.2) is 432 Å². The van der Waals surface area contributed by atoms with Crippen LogP contribution in [0, 0.1) is 0 Å². The molecule has 18 aromatic carbocycles. The van der Waals surface area contributed by atoms with Crippen LogP contribution in [-0.4, -0.2) is 44.9 Å². The van der Waals surface area contributed by atoms with Crippen LogP contribution in [-0.2, 0) is 16.2 Å². The zero-order chi connectivity index (χ0) is 97.1. The van der Waals surface area contributed by atoms with E-state index in [0.29, 0.717) is 52.4 Å². The summed E-state index contributed by atoms with van der Waals surface area (Å²) >= 11 is 0. The van der Waals surface area contributed by atoms with Gasteiger partial charge in [-0.1, -0.05) is 410 Å². The summed E-state index contributed by atoms with van der Waals surface area (Å²) in [5.41, 5.74) is 38.5. The smallest absolute Gasteiger partial charge is 0.167 e. The normalized spacial score (nSPS) is 14.7. The molecule has 0 saturated heterocycles. The van der Waals surface area contributed by atoms with Gasteiger partial charge in [0.2, 0.25) is 0 Å². The van der Waals surface area contributed by atoms with Crippen molar-refractivity contribution in [2.75, 3.05) is 0 Å². The fourth-order valence-corrected chi connectivity index (χ4v) is 25.3. The third-order valence-electron chi connectivity index (χ3n) is 32.3. The summed E-state index contributed by atoms with van der Waals surface area (Å²) in [5, 5.41) is 6.37. The molecule has 0 atom stereocenters. The Morgan fingerprint density at radius 3 is 0.891 bits per heavy atom. The average molecular weight is 1900 g/mol. The molecule has 0 amide bonds. The van der Waals surface area contributed by atoms with Crippen molar-refractivity contribution in [2.45, 2.75) is 113 Å². The monoisotopic (exact) mass is 1890 g/mol. The van der Waals surface area contributed by atoms with Gasteiger partial charge in [-0.25, -0.2) is 44.9 Å². The zero-order valence-corrected chi connectivity index (χ0v) is 81.2. The highest BCUT2D eigenvalue weighted by Gasteiger charge is 2.47. The van der Waals surface area contributed by atoms with E-state index >= 15 is 0 Å². The maximum absolute atomic E-state index is 6.38. The zero-order valence-electron chi connectivity index (χ0n) is 81.2. The molecule has 3 fully saturated rings. The third-order valence-corrected chi connectivity index (χ3v) is 32.3. The summed E-state index contributed by atoms with van der Waals surface area (Å²) in [5.74, 6) is 5.66. The van der Waals surface area contributed by atoms with E-state index in [9.17, 15) is 0 Å². The summed E-state index contributed by atoms with van der Waals surface area (Å²) < 4.78 is 18.8. The first-order valence-electron chi connectivity index (χ1n) is 52.0. The minimum atomic E-state index is 0.156. The standard InChI is InChI=1S/3C45H33N3O/c1-3-13-29(14-4-1)42-46-43(48-44(47-42)35-19-12-22-40-41(35)34-18-6-8-21-39(34)49-40)32-16-11-15-30(27-32)31-23-24-38-36(28-31)33-17-5-7-20-37(33)45(38)25-9-2-10-26-45;1-3-12-30(13-4-1)42-46-43(48-44(47-42)36-17-11-16-35-34-15-6-8-19-40(34)49-41(35)36)31-22-20-29(21-23-31)32-24-25-39-37(28-32)33-14-5-7-18-38(33)45(39)26-9-2-10-27-45;1-3-11-30(12-4-1)42-46-43(48-44(47-42)33-21-23-36-35-14-6-8-16-40(35)49-41(36)28-33)31-19-17-29(18-20-31)32-22-24-39-37(27-32)34-13-5-7-15-38(34)45(39)25-9-2-10-26-45/h1,3-8,11-24,27-28H,2,9-10,25-26H2;1,3-8,11-25,28H,2,9-10,26-27H2;1,3-8,11-24,27-28H,2,9-10,25-26H2. The van der Waals surface area contributed by atoms with Gasteiger partial charge in [-0.2, -0.15) is 0 Å². The first kappa shape index (κ1) is 87.2. The Balaban J connectivity index is 0.000000107. The SMILES string of the molecule is c1ccc(-c2nc(-c3ccc(-c4ccc5c(c4)-c4ccccc4C54CCCCC4)cc3)nc(-c3ccc4c(c3)oc3ccccc34)n2)cc1.c1ccc(-c2nc(-c3ccc(-c4ccc5c(c4)-c4ccccc4C54CCCCC4)cc3)nc(-c3cccc4c3oc3ccccc34)n2)cc1.c1ccc(-c2nc(-c3cccc(-c4ccc5c(c4)-c4ccccc4C54CCCCC4)c3)nc(-c3cccc4oc5ccccc5c34)n2)cc1. The van der Waals surface area contributed by atoms with Crippen molar-refractivity contribution in [1.29, 1.82) is 0 Å². The molecule has 0 N–H and O–H groups in total. The molecule has 0 aliphatic heterocycles. The number of aromatic nitrogens is 9. The van der Waals surface area contributed by atoms with E-state index in [2.05, 4.69) is 255 Å². The van der Waals surface area contributed by atoms with E-state index in [-0.39, 0.29) is 16.2 Å². The molecule has 0 unspecified atom stereocenters. The molecule has 702 valence electrons. The lowest BCUT2D eigenvalue weighted by molar-refractivity contribution is 0.353. The fraction of sp³-hybridized carbons (Fsp3) is 0.133. The van der Waals surface area contributed by atoms with E-state index in [1.807, 2.05) is 164 Å². The summed E-state index contributed by atoms with van der Waals surface area (Å²) in [6.07, 6.45) is 19.3. The lowest BCUT2D eigenvalue weighted by Crippen LogP contribution is -2.27. The Morgan fingerprint density at radius 2 is 0.422 bits per heavy atom. The van der Waals surface area contributed by atoms with E-state index in [4.69, 9.17) is 58.1 Å². The quantitative estimate of drug-likeness (QED) is 0.114. The summed E-state index contributed by atoms with van der Waals surface area (Å²) in [4.78, 5) is 45.3. The number of hydrogen-bond donors (Lipinski definition) is 0. The largest absolute Gasteiger partial charge is 0.456 e. The highest BCUT2D eigenvalue weighted by Crippen LogP contribution is 2.60. The van der Waals surface area contributed by atoms with Crippen LogP contribution in [0.3, 0.4) is 0 Å². The Morgan fingerprint density at radius 1 is 0.150 bits per heavy atom. The molecule has 0 radical (unpaired) electrons. The maximum atomic E-state index is 6.38. The van der Waals surface area contributed by atoms with Crippen LogP contribution in [0.4, 0.5) is 0 Å². The molecule has 24 aromatic rings. The van der Waals surface area contributed by atoms with Crippen molar-refractivity contribution < 1.29 is 13.3 Å². The van der Waals surface area contributed by atoms with E-state index < -0.39 is 0 Å². The summed E-state index contributed by atoms with van der Waals surface area (Å²) in [6.45, 7) is 0. The third kappa shape index (κ3) is 15.1. The van der Waals surface area contributed by atoms with Crippen molar-refractivity contribution in [3.63, 3.8) is 0 Å². The van der Waals surface area contributed by atoms with Crippen LogP contribution in [0.25, 0.3) is 235 Å². The maximum Gasteiger partial charge on any atom is 0.167 e. The Hall–Kier alpha value is -17.6. The van der Waals surface area contributed by atoms with Gasteiger partial charge < -0.3 is 13.3 Å². The fourth-order valence-electron chi connectivity index (χ4n) is 25.3. The van der Waals surface area contributed by atoms with Gasteiger partial charge in [-0.3, -0.25) is 0 Å². The lowest BCUT2D eigenvalue weighted by atomic mass is 9.68. The van der Waals surface area contributed by atoms with Gasteiger partial charge in [-0.15, -0.1) is 0 Å². The molecule has 3 spiro atoms.